The van der Waals surface area contributed by atoms with E-state index in [0.717, 1.165) is 18.5 Å². The van der Waals surface area contributed by atoms with Crippen LogP contribution in [0.3, 0.4) is 0 Å². The zero-order valence-corrected chi connectivity index (χ0v) is 14.9. The third-order valence-corrected chi connectivity index (χ3v) is 4.94. The van der Waals surface area contributed by atoms with Crippen LogP contribution in [0.4, 0.5) is 10.5 Å². The van der Waals surface area contributed by atoms with Crippen molar-refractivity contribution in [3.05, 3.63) is 29.8 Å². The van der Waals surface area contributed by atoms with Crippen molar-refractivity contribution in [1.82, 2.24) is 4.90 Å². The number of benzene rings is 1. The average Bonchev–Trinajstić information content (AvgIpc) is 2.55. The van der Waals surface area contributed by atoms with Crippen LogP contribution >= 0.6 is 0 Å². The largest absolute Gasteiger partial charge is 0.381 e. The molecule has 1 N–H and O–H groups in total. The molecule has 2 aliphatic rings. The van der Waals surface area contributed by atoms with Gasteiger partial charge in [0, 0.05) is 38.3 Å². The zero-order chi connectivity index (χ0) is 17.2. The molecule has 24 heavy (non-hydrogen) atoms. The van der Waals surface area contributed by atoms with Gasteiger partial charge in [-0.3, -0.25) is 0 Å². The van der Waals surface area contributed by atoms with Crippen LogP contribution in [0.25, 0.3) is 0 Å². The van der Waals surface area contributed by atoms with E-state index in [1.54, 1.807) is 0 Å². The lowest BCUT2D eigenvalue weighted by Crippen LogP contribution is -2.56. The Morgan fingerprint density at radius 3 is 2.42 bits per heavy atom. The molecular weight excluding hydrogens is 304 g/mol. The monoisotopic (exact) mass is 332 g/mol. The summed E-state index contributed by atoms with van der Waals surface area (Å²) >= 11 is 0. The molecule has 1 aromatic carbocycles. The van der Waals surface area contributed by atoms with E-state index in [9.17, 15) is 4.79 Å². The van der Waals surface area contributed by atoms with Gasteiger partial charge >= 0.3 is 6.03 Å². The van der Waals surface area contributed by atoms with Crippen molar-refractivity contribution in [3.63, 3.8) is 0 Å². The van der Waals surface area contributed by atoms with Crippen LogP contribution in [0.15, 0.2) is 24.3 Å². The first-order chi connectivity index (χ1) is 11.4. The van der Waals surface area contributed by atoms with Crippen molar-refractivity contribution in [1.29, 1.82) is 0 Å². The van der Waals surface area contributed by atoms with E-state index in [0.29, 0.717) is 32.9 Å². The van der Waals surface area contributed by atoms with E-state index in [-0.39, 0.29) is 17.0 Å². The Bertz CT molecular complexity index is 566. The van der Waals surface area contributed by atoms with Gasteiger partial charge in [-0.15, -0.1) is 0 Å². The van der Waals surface area contributed by atoms with Crippen LogP contribution in [0.5, 0.6) is 0 Å². The van der Waals surface area contributed by atoms with Crippen LogP contribution in [-0.2, 0) is 14.9 Å². The first kappa shape index (κ1) is 17.2. The third-order valence-electron chi connectivity index (χ3n) is 4.94. The molecule has 2 fully saturated rings. The molecule has 0 aromatic heterocycles. The first-order valence-corrected chi connectivity index (χ1v) is 8.76. The highest BCUT2D eigenvalue weighted by atomic mass is 16.5. The summed E-state index contributed by atoms with van der Waals surface area (Å²) in [6.45, 7) is 9.84. The lowest BCUT2D eigenvalue weighted by atomic mass is 9.87. The van der Waals surface area contributed by atoms with Crippen molar-refractivity contribution >= 4 is 11.7 Å². The fraction of sp³-hybridized carbons (Fsp3) is 0.632. The Kier molecular flexibility index (Phi) is 4.83. The average molecular weight is 332 g/mol. The Morgan fingerprint density at radius 1 is 1.12 bits per heavy atom. The number of carbonyl (C=O) groups excluding carboxylic acids is 1. The second-order valence-electron chi connectivity index (χ2n) is 7.82. The number of ether oxygens (including phenoxy) is 2. The molecule has 0 radical (unpaired) electrons. The highest BCUT2D eigenvalue weighted by molar-refractivity contribution is 5.89. The molecule has 0 unspecified atom stereocenters. The topological polar surface area (TPSA) is 50.8 Å². The van der Waals surface area contributed by atoms with Crippen molar-refractivity contribution < 1.29 is 14.3 Å². The van der Waals surface area contributed by atoms with Gasteiger partial charge in [0.1, 0.15) is 0 Å². The zero-order valence-electron chi connectivity index (χ0n) is 14.9. The van der Waals surface area contributed by atoms with Gasteiger partial charge in [-0.2, -0.15) is 0 Å². The van der Waals surface area contributed by atoms with Gasteiger partial charge in [0.15, 0.2) is 0 Å². The lowest BCUT2D eigenvalue weighted by molar-refractivity contribution is -0.144. The summed E-state index contributed by atoms with van der Waals surface area (Å²) < 4.78 is 11.4. The van der Waals surface area contributed by atoms with E-state index in [1.807, 2.05) is 17.0 Å². The Balaban J connectivity index is 1.62. The number of carbonyl (C=O) groups is 1. The maximum Gasteiger partial charge on any atom is 0.322 e. The number of urea groups is 1. The molecule has 1 spiro atoms. The summed E-state index contributed by atoms with van der Waals surface area (Å²) in [6.07, 6.45) is 1.72. The Hall–Kier alpha value is -1.59. The van der Waals surface area contributed by atoms with E-state index >= 15 is 0 Å². The maximum atomic E-state index is 12.6. The summed E-state index contributed by atoms with van der Waals surface area (Å²) in [5.74, 6) is 0. The summed E-state index contributed by atoms with van der Waals surface area (Å²) in [6, 6.07) is 8.06. The predicted molar refractivity (Wildman–Crippen MR) is 94.5 cm³/mol. The lowest BCUT2D eigenvalue weighted by Gasteiger charge is -2.44. The molecule has 2 amide bonds. The highest BCUT2D eigenvalue weighted by Gasteiger charge is 2.39. The minimum atomic E-state index is -0.218. The molecule has 0 saturated carbocycles. The highest BCUT2D eigenvalue weighted by Crippen LogP contribution is 2.29. The normalized spacial score (nSPS) is 20.9. The van der Waals surface area contributed by atoms with Crippen LogP contribution in [0.2, 0.25) is 0 Å². The number of hydrogen-bond donors (Lipinski definition) is 1. The molecule has 0 aliphatic carbocycles. The Morgan fingerprint density at radius 2 is 1.79 bits per heavy atom. The van der Waals surface area contributed by atoms with Crippen LogP contribution < -0.4 is 5.32 Å². The molecule has 1 aromatic rings. The van der Waals surface area contributed by atoms with Gasteiger partial charge in [-0.1, -0.05) is 32.9 Å². The van der Waals surface area contributed by atoms with Crippen molar-refractivity contribution in [2.45, 2.75) is 44.6 Å². The summed E-state index contributed by atoms with van der Waals surface area (Å²) in [5.41, 5.74) is 1.99. The number of morpholine rings is 1. The second kappa shape index (κ2) is 6.73. The first-order valence-electron chi connectivity index (χ1n) is 8.76. The molecule has 2 heterocycles. The smallest absolute Gasteiger partial charge is 0.322 e. The van der Waals surface area contributed by atoms with Gasteiger partial charge in [-0.05, 0) is 23.1 Å². The summed E-state index contributed by atoms with van der Waals surface area (Å²) in [7, 11) is 0. The quantitative estimate of drug-likeness (QED) is 0.857. The van der Waals surface area contributed by atoms with Crippen molar-refractivity contribution in [2.75, 3.05) is 38.2 Å². The summed E-state index contributed by atoms with van der Waals surface area (Å²) in [5, 5.41) is 3.01. The number of nitrogens with one attached hydrogen (secondary N) is 1. The standard InChI is InChI=1S/C19H28N2O3/c1-18(2,3)15-4-6-16(7-5-15)20-17(22)21-10-13-24-19(14-21)8-11-23-12-9-19/h4-7H,8-14H2,1-3H3,(H,20,22). The van der Waals surface area contributed by atoms with Crippen LogP contribution in [0, 0.1) is 0 Å². The minimum absolute atomic E-state index is 0.0484. The third kappa shape index (κ3) is 3.90. The molecule has 2 aliphatic heterocycles. The van der Waals surface area contributed by atoms with Crippen molar-refractivity contribution in [2.24, 2.45) is 0 Å². The molecule has 132 valence electrons. The molecule has 3 rings (SSSR count). The molecule has 0 bridgehead atoms. The second-order valence-corrected chi connectivity index (χ2v) is 7.82. The number of rotatable bonds is 1. The van der Waals surface area contributed by atoms with Gasteiger partial charge in [0.25, 0.3) is 0 Å². The fourth-order valence-corrected chi connectivity index (χ4v) is 3.32. The number of amides is 2. The van der Waals surface area contributed by atoms with Gasteiger partial charge in [0.2, 0.25) is 0 Å². The minimum Gasteiger partial charge on any atom is -0.381 e. The molecule has 5 heteroatoms. The predicted octanol–water partition coefficient (Wildman–Crippen LogP) is 3.40. The summed E-state index contributed by atoms with van der Waals surface area (Å²) in [4.78, 5) is 14.5. The van der Waals surface area contributed by atoms with Gasteiger partial charge in [-0.25, -0.2) is 4.79 Å². The molecule has 0 atom stereocenters. The maximum absolute atomic E-state index is 12.6. The van der Waals surface area contributed by atoms with E-state index in [2.05, 4.69) is 38.2 Å². The number of anilines is 1. The molecule has 5 nitrogen and oxygen atoms in total. The number of nitrogens with zero attached hydrogens (tertiary/aromatic N) is 1. The van der Waals surface area contributed by atoms with E-state index < -0.39 is 0 Å². The van der Waals surface area contributed by atoms with E-state index in [4.69, 9.17) is 9.47 Å². The number of hydrogen-bond acceptors (Lipinski definition) is 3. The molecule has 2 saturated heterocycles. The molecular formula is C19H28N2O3. The SMILES string of the molecule is CC(C)(C)c1ccc(NC(=O)N2CCOC3(CCOCC3)C2)cc1. The van der Waals surface area contributed by atoms with Gasteiger partial charge in [0.05, 0.1) is 18.8 Å². The van der Waals surface area contributed by atoms with Crippen LogP contribution in [-0.4, -0.2) is 49.4 Å². The Labute approximate surface area is 144 Å². The fourth-order valence-electron chi connectivity index (χ4n) is 3.32. The van der Waals surface area contributed by atoms with Crippen LogP contribution in [0.1, 0.15) is 39.2 Å². The van der Waals surface area contributed by atoms with Crippen molar-refractivity contribution in [3.8, 4) is 0 Å². The van der Waals surface area contributed by atoms with Gasteiger partial charge < -0.3 is 19.7 Å². The van der Waals surface area contributed by atoms with E-state index in [1.165, 1.54) is 5.56 Å².